The summed E-state index contributed by atoms with van der Waals surface area (Å²) in [7, 11) is 0. The summed E-state index contributed by atoms with van der Waals surface area (Å²) in [5.41, 5.74) is 1.10. The third-order valence-corrected chi connectivity index (χ3v) is 1.70. The summed E-state index contributed by atoms with van der Waals surface area (Å²) in [6.07, 6.45) is 6.19. The molecule has 0 amide bonds. The lowest BCUT2D eigenvalue weighted by Crippen LogP contribution is -1.96. The molecule has 0 bridgehead atoms. The zero-order valence-electron chi connectivity index (χ0n) is 7.32. The van der Waals surface area contributed by atoms with Gasteiger partial charge in [-0.15, -0.1) is 0 Å². The fraction of sp³-hybridized carbons (Fsp3) is 0.556. The van der Waals surface area contributed by atoms with E-state index in [1.807, 2.05) is 19.3 Å². The largest absolute Gasteiger partial charge is 0.396 e. The first-order valence-corrected chi connectivity index (χ1v) is 4.27. The van der Waals surface area contributed by atoms with E-state index >= 15 is 0 Å². The van der Waals surface area contributed by atoms with Crippen LogP contribution in [0.3, 0.4) is 0 Å². The summed E-state index contributed by atoms with van der Waals surface area (Å²) in [6.45, 7) is 2.26. The van der Waals surface area contributed by atoms with Gasteiger partial charge in [-0.1, -0.05) is 6.92 Å². The van der Waals surface area contributed by atoms with Crippen molar-refractivity contribution in [2.24, 2.45) is 0 Å². The van der Waals surface area contributed by atoms with Crippen LogP contribution < -0.4 is 0 Å². The van der Waals surface area contributed by atoms with E-state index in [4.69, 9.17) is 5.11 Å². The highest BCUT2D eigenvalue weighted by Gasteiger charge is 1.94. The molecule has 0 unspecified atom stereocenters. The number of hydrogen-bond donors (Lipinski definition) is 1. The molecule has 1 heterocycles. The minimum absolute atomic E-state index is 0.232. The topological polar surface area (TPSA) is 46.0 Å². The number of aliphatic hydroxyl groups excluding tert-OH is 1. The number of aryl methyl sites for hydroxylation is 2. The first kappa shape index (κ1) is 9.13. The highest BCUT2D eigenvalue weighted by atomic mass is 16.2. The smallest absolute Gasteiger partial charge is 0.127 e. The lowest BCUT2D eigenvalue weighted by Gasteiger charge is -1.98. The van der Waals surface area contributed by atoms with Crippen LogP contribution in [0.4, 0.5) is 0 Å². The van der Waals surface area contributed by atoms with Crippen molar-refractivity contribution in [2.75, 3.05) is 6.61 Å². The summed E-state index contributed by atoms with van der Waals surface area (Å²) < 4.78 is 0. The maximum absolute atomic E-state index is 8.59. The van der Waals surface area contributed by atoms with Crippen LogP contribution in [0.5, 0.6) is 0 Å². The maximum atomic E-state index is 8.59. The van der Waals surface area contributed by atoms with E-state index in [9.17, 15) is 0 Å². The Hall–Kier alpha value is -0.960. The van der Waals surface area contributed by atoms with Crippen molar-refractivity contribution in [1.29, 1.82) is 0 Å². The Morgan fingerprint density at radius 2 is 2.00 bits per heavy atom. The van der Waals surface area contributed by atoms with Gasteiger partial charge in [0.25, 0.3) is 0 Å². The average molecular weight is 166 g/mol. The second kappa shape index (κ2) is 4.83. The third kappa shape index (κ3) is 2.58. The van der Waals surface area contributed by atoms with E-state index in [1.54, 1.807) is 0 Å². The second-order valence-corrected chi connectivity index (χ2v) is 2.69. The Morgan fingerprint density at radius 1 is 1.33 bits per heavy atom. The number of rotatable bonds is 4. The van der Waals surface area contributed by atoms with Gasteiger partial charge in [-0.3, -0.25) is 0 Å². The van der Waals surface area contributed by atoms with E-state index in [0.29, 0.717) is 0 Å². The van der Waals surface area contributed by atoms with Crippen LogP contribution in [0, 0.1) is 0 Å². The number of aliphatic hydroxyl groups is 1. The van der Waals surface area contributed by atoms with Crippen molar-refractivity contribution in [3.63, 3.8) is 0 Å². The van der Waals surface area contributed by atoms with Crippen LogP contribution in [0.15, 0.2) is 12.4 Å². The van der Waals surface area contributed by atoms with Crippen LogP contribution in [0.25, 0.3) is 0 Å². The number of hydrogen-bond acceptors (Lipinski definition) is 3. The molecular formula is C9H14N2O. The molecule has 0 aliphatic heterocycles. The molecule has 0 radical (unpaired) electrons. The lowest BCUT2D eigenvalue weighted by atomic mass is 10.2. The Morgan fingerprint density at radius 3 is 2.50 bits per heavy atom. The number of aromatic nitrogens is 2. The average Bonchev–Trinajstić information content (AvgIpc) is 2.15. The van der Waals surface area contributed by atoms with Gasteiger partial charge in [0.05, 0.1) is 0 Å². The lowest BCUT2D eigenvalue weighted by molar-refractivity contribution is 0.288. The Balaban J connectivity index is 2.53. The van der Waals surface area contributed by atoms with Crippen molar-refractivity contribution in [2.45, 2.75) is 26.2 Å². The zero-order chi connectivity index (χ0) is 8.81. The highest BCUT2D eigenvalue weighted by Crippen LogP contribution is 1.99. The molecule has 12 heavy (non-hydrogen) atoms. The SMILES string of the molecule is CCc1ncc(CCCO)cn1. The summed E-state index contributed by atoms with van der Waals surface area (Å²) in [6, 6.07) is 0. The van der Waals surface area contributed by atoms with Gasteiger partial charge in [0.1, 0.15) is 5.82 Å². The molecule has 1 rings (SSSR count). The zero-order valence-corrected chi connectivity index (χ0v) is 7.32. The molecule has 3 heteroatoms. The van der Waals surface area contributed by atoms with Gasteiger partial charge in [-0.05, 0) is 18.4 Å². The minimum Gasteiger partial charge on any atom is -0.396 e. The summed E-state index contributed by atoms with van der Waals surface area (Å²) in [5.74, 6) is 0.878. The van der Waals surface area contributed by atoms with Crippen LogP contribution in [-0.2, 0) is 12.8 Å². The predicted octanol–water partition coefficient (Wildman–Crippen LogP) is 0.964. The van der Waals surface area contributed by atoms with Crippen molar-refractivity contribution in [1.82, 2.24) is 9.97 Å². The Labute approximate surface area is 72.5 Å². The molecular weight excluding hydrogens is 152 g/mol. The monoisotopic (exact) mass is 166 g/mol. The van der Waals surface area contributed by atoms with Crippen molar-refractivity contribution in [3.05, 3.63) is 23.8 Å². The van der Waals surface area contributed by atoms with E-state index in [0.717, 1.165) is 30.7 Å². The molecule has 0 saturated carbocycles. The van der Waals surface area contributed by atoms with Crippen LogP contribution >= 0.6 is 0 Å². The Kier molecular flexibility index (Phi) is 3.67. The molecule has 1 aromatic heterocycles. The van der Waals surface area contributed by atoms with E-state index in [2.05, 4.69) is 9.97 Å². The fourth-order valence-electron chi connectivity index (χ4n) is 0.976. The highest BCUT2D eigenvalue weighted by molar-refractivity contribution is 5.05. The van der Waals surface area contributed by atoms with E-state index < -0.39 is 0 Å². The van der Waals surface area contributed by atoms with E-state index in [-0.39, 0.29) is 6.61 Å². The molecule has 1 aromatic rings. The summed E-state index contributed by atoms with van der Waals surface area (Å²) in [4.78, 5) is 8.31. The van der Waals surface area contributed by atoms with Crippen LogP contribution in [0.2, 0.25) is 0 Å². The molecule has 0 aromatic carbocycles. The normalized spacial score (nSPS) is 10.2. The molecule has 0 atom stereocenters. The second-order valence-electron chi connectivity index (χ2n) is 2.69. The van der Waals surface area contributed by atoms with E-state index in [1.165, 1.54) is 0 Å². The van der Waals surface area contributed by atoms with Crippen molar-refractivity contribution < 1.29 is 5.11 Å². The summed E-state index contributed by atoms with van der Waals surface area (Å²) in [5, 5.41) is 8.59. The molecule has 66 valence electrons. The standard InChI is InChI=1S/C9H14N2O/c1-2-9-10-6-8(7-11-9)4-3-5-12/h6-7,12H,2-5H2,1H3. The van der Waals surface area contributed by atoms with Crippen molar-refractivity contribution >= 4 is 0 Å². The molecule has 3 nitrogen and oxygen atoms in total. The van der Waals surface area contributed by atoms with Gasteiger partial charge < -0.3 is 5.11 Å². The predicted molar refractivity (Wildman–Crippen MR) is 46.8 cm³/mol. The summed E-state index contributed by atoms with van der Waals surface area (Å²) >= 11 is 0. The van der Waals surface area contributed by atoms with Gasteiger partial charge in [-0.2, -0.15) is 0 Å². The number of nitrogens with zero attached hydrogens (tertiary/aromatic N) is 2. The maximum Gasteiger partial charge on any atom is 0.127 e. The van der Waals surface area contributed by atoms with Gasteiger partial charge in [0.15, 0.2) is 0 Å². The Bertz CT molecular complexity index is 220. The van der Waals surface area contributed by atoms with Gasteiger partial charge in [0.2, 0.25) is 0 Å². The van der Waals surface area contributed by atoms with Crippen molar-refractivity contribution in [3.8, 4) is 0 Å². The first-order valence-electron chi connectivity index (χ1n) is 4.27. The van der Waals surface area contributed by atoms with Gasteiger partial charge in [0, 0.05) is 25.4 Å². The molecule has 0 aliphatic carbocycles. The van der Waals surface area contributed by atoms with Gasteiger partial charge in [-0.25, -0.2) is 9.97 Å². The minimum atomic E-state index is 0.232. The molecule has 0 fully saturated rings. The molecule has 0 saturated heterocycles. The fourth-order valence-corrected chi connectivity index (χ4v) is 0.976. The first-order chi connectivity index (χ1) is 5.86. The quantitative estimate of drug-likeness (QED) is 0.724. The molecule has 1 N–H and O–H groups in total. The van der Waals surface area contributed by atoms with Gasteiger partial charge >= 0.3 is 0 Å². The third-order valence-electron chi connectivity index (χ3n) is 1.70. The molecule has 0 aliphatic rings. The van der Waals surface area contributed by atoms with Crippen LogP contribution in [0.1, 0.15) is 24.7 Å². The molecule has 0 spiro atoms. The van der Waals surface area contributed by atoms with Crippen LogP contribution in [-0.4, -0.2) is 21.7 Å².